The maximum Gasteiger partial charge on any atom is 0.309 e. The predicted molar refractivity (Wildman–Crippen MR) is 75.4 cm³/mol. The van der Waals surface area contributed by atoms with Gasteiger partial charge in [0.1, 0.15) is 0 Å². The molecule has 106 valence electrons. The van der Waals surface area contributed by atoms with Crippen LogP contribution in [0.4, 0.5) is 0 Å². The average molecular weight is 271 g/mol. The SMILES string of the molecule is O=C(O)Cc1cccc(C2C3CC4CC(C3)CC2C4)n1. The second kappa shape index (κ2) is 4.57. The van der Waals surface area contributed by atoms with Crippen LogP contribution in [-0.4, -0.2) is 16.1 Å². The Kier molecular flexibility index (Phi) is 2.83. The number of hydrogen-bond acceptors (Lipinski definition) is 2. The van der Waals surface area contributed by atoms with Gasteiger partial charge in [-0.2, -0.15) is 0 Å². The quantitative estimate of drug-likeness (QED) is 0.918. The van der Waals surface area contributed by atoms with Gasteiger partial charge in [-0.15, -0.1) is 0 Å². The first-order chi connectivity index (χ1) is 9.69. The van der Waals surface area contributed by atoms with Crippen LogP contribution in [0.2, 0.25) is 0 Å². The Morgan fingerprint density at radius 1 is 1.10 bits per heavy atom. The highest BCUT2D eigenvalue weighted by Gasteiger charge is 2.49. The lowest BCUT2D eigenvalue weighted by molar-refractivity contribution is -0.136. The van der Waals surface area contributed by atoms with Crippen LogP contribution in [0, 0.1) is 23.7 Å². The first-order valence-electron chi connectivity index (χ1n) is 7.86. The van der Waals surface area contributed by atoms with Crippen LogP contribution >= 0.6 is 0 Å². The molecule has 0 unspecified atom stereocenters. The normalized spacial score (nSPS) is 38.1. The summed E-state index contributed by atoms with van der Waals surface area (Å²) in [7, 11) is 0. The number of carbonyl (C=O) groups is 1. The number of aliphatic carboxylic acids is 1. The van der Waals surface area contributed by atoms with Gasteiger partial charge in [-0.3, -0.25) is 9.78 Å². The molecule has 0 atom stereocenters. The largest absolute Gasteiger partial charge is 0.481 e. The van der Waals surface area contributed by atoms with Crippen molar-refractivity contribution in [2.75, 3.05) is 0 Å². The zero-order valence-electron chi connectivity index (χ0n) is 11.7. The van der Waals surface area contributed by atoms with Crippen molar-refractivity contribution in [1.82, 2.24) is 4.98 Å². The lowest BCUT2D eigenvalue weighted by Crippen LogP contribution is -2.44. The van der Waals surface area contributed by atoms with Crippen molar-refractivity contribution in [3.8, 4) is 0 Å². The summed E-state index contributed by atoms with van der Waals surface area (Å²) in [6, 6.07) is 5.96. The van der Waals surface area contributed by atoms with Gasteiger partial charge < -0.3 is 5.11 Å². The Hall–Kier alpha value is -1.38. The molecule has 20 heavy (non-hydrogen) atoms. The van der Waals surface area contributed by atoms with Gasteiger partial charge in [0.2, 0.25) is 0 Å². The second-order valence-electron chi connectivity index (χ2n) is 7.08. The van der Waals surface area contributed by atoms with E-state index in [0.717, 1.165) is 29.4 Å². The Bertz CT molecular complexity index is 512. The molecule has 5 rings (SSSR count). The fraction of sp³-hybridized carbons (Fsp3) is 0.647. The highest BCUT2D eigenvalue weighted by molar-refractivity contribution is 5.69. The first kappa shape index (κ1) is 12.4. The van der Waals surface area contributed by atoms with E-state index in [9.17, 15) is 4.79 Å². The molecule has 0 spiro atoms. The summed E-state index contributed by atoms with van der Waals surface area (Å²) in [4.78, 5) is 15.5. The fourth-order valence-electron chi connectivity index (χ4n) is 5.35. The summed E-state index contributed by atoms with van der Waals surface area (Å²) in [5, 5.41) is 8.93. The minimum atomic E-state index is -0.792. The summed E-state index contributed by atoms with van der Waals surface area (Å²) in [6.07, 6.45) is 7.02. The Morgan fingerprint density at radius 3 is 2.35 bits per heavy atom. The lowest BCUT2D eigenvalue weighted by atomic mass is 9.51. The van der Waals surface area contributed by atoms with Crippen LogP contribution in [0.25, 0.3) is 0 Å². The number of pyridine rings is 1. The zero-order chi connectivity index (χ0) is 13.7. The van der Waals surface area contributed by atoms with E-state index in [1.807, 2.05) is 12.1 Å². The number of nitrogens with zero attached hydrogens (tertiary/aromatic N) is 1. The van der Waals surface area contributed by atoms with E-state index >= 15 is 0 Å². The molecule has 0 amide bonds. The van der Waals surface area contributed by atoms with Crippen LogP contribution in [0.3, 0.4) is 0 Å². The van der Waals surface area contributed by atoms with Crippen molar-refractivity contribution in [2.24, 2.45) is 23.7 Å². The van der Waals surface area contributed by atoms with Gasteiger partial charge in [0.25, 0.3) is 0 Å². The van der Waals surface area contributed by atoms with Crippen LogP contribution < -0.4 is 0 Å². The van der Waals surface area contributed by atoms with E-state index in [1.165, 1.54) is 32.1 Å². The van der Waals surface area contributed by atoms with Crippen LogP contribution in [0.15, 0.2) is 18.2 Å². The molecule has 4 saturated carbocycles. The van der Waals surface area contributed by atoms with Gasteiger partial charge in [-0.25, -0.2) is 0 Å². The molecule has 0 aromatic carbocycles. The molecule has 3 heteroatoms. The van der Waals surface area contributed by atoms with Crippen molar-refractivity contribution in [1.29, 1.82) is 0 Å². The zero-order valence-corrected chi connectivity index (χ0v) is 11.7. The molecule has 4 aliphatic rings. The van der Waals surface area contributed by atoms with E-state index in [2.05, 4.69) is 11.1 Å². The molecule has 1 aromatic rings. The molecule has 0 saturated heterocycles. The molecule has 4 aliphatic carbocycles. The Labute approximate surface area is 119 Å². The average Bonchev–Trinajstić information content (AvgIpc) is 2.37. The molecule has 1 aromatic heterocycles. The number of carboxylic acids is 1. The fourth-order valence-corrected chi connectivity index (χ4v) is 5.35. The van der Waals surface area contributed by atoms with E-state index in [1.54, 1.807) is 0 Å². The second-order valence-corrected chi connectivity index (χ2v) is 7.08. The highest BCUT2D eigenvalue weighted by Crippen LogP contribution is 2.59. The van der Waals surface area contributed by atoms with Gasteiger partial charge in [-0.1, -0.05) is 6.07 Å². The molecule has 0 radical (unpaired) electrons. The number of rotatable bonds is 3. The van der Waals surface area contributed by atoms with Gasteiger partial charge in [-0.05, 0) is 67.9 Å². The first-order valence-corrected chi connectivity index (χ1v) is 7.86. The molecule has 3 nitrogen and oxygen atoms in total. The number of hydrogen-bond donors (Lipinski definition) is 1. The maximum atomic E-state index is 10.9. The van der Waals surface area contributed by atoms with E-state index in [-0.39, 0.29) is 6.42 Å². The number of carboxylic acid groups (broad SMARTS) is 1. The van der Waals surface area contributed by atoms with Crippen molar-refractivity contribution >= 4 is 5.97 Å². The third kappa shape index (κ3) is 2.04. The monoisotopic (exact) mass is 271 g/mol. The smallest absolute Gasteiger partial charge is 0.309 e. The van der Waals surface area contributed by atoms with Gasteiger partial charge in [0.15, 0.2) is 0 Å². The summed E-state index contributed by atoms with van der Waals surface area (Å²) < 4.78 is 0. The molecule has 1 heterocycles. The third-order valence-corrected chi connectivity index (χ3v) is 5.73. The molecular formula is C17H21NO2. The Balaban J connectivity index is 1.62. The van der Waals surface area contributed by atoms with E-state index in [0.29, 0.717) is 11.6 Å². The summed E-state index contributed by atoms with van der Waals surface area (Å²) in [5.74, 6) is 3.35. The molecular weight excluding hydrogens is 250 g/mol. The van der Waals surface area contributed by atoms with Gasteiger partial charge >= 0.3 is 5.97 Å². The summed E-state index contributed by atoms with van der Waals surface area (Å²) in [5.41, 5.74) is 1.88. The van der Waals surface area contributed by atoms with Crippen molar-refractivity contribution in [3.63, 3.8) is 0 Å². The molecule has 4 bridgehead atoms. The van der Waals surface area contributed by atoms with Crippen molar-refractivity contribution in [3.05, 3.63) is 29.6 Å². The third-order valence-electron chi connectivity index (χ3n) is 5.73. The van der Waals surface area contributed by atoms with Crippen LogP contribution in [0.1, 0.15) is 49.4 Å². The standard InChI is InChI=1S/C17H21NO2/c19-16(20)9-14-2-1-3-15(18-14)17-12-5-10-4-11(7-12)8-13(17)6-10/h1-3,10-13,17H,4-9H2,(H,19,20). The van der Waals surface area contributed by atoms with Gasteiger partial charge in [0.05, 0.1) is 12.1 Å². The predicted octanol–water partition coefficient (Wildman–Crippen LogP) is 3.25. The molecule has 0 aliphatic heterocycles. The van der Waals surface area contributed by atoms with Crippen molar-refractivity contribution in [2.45, 2.75) is 44.4 Å². The maximum absolute atomic E-state index is 10.9. The molecule has 4 fully saturated rings. The van der Waals surface area contributed by atoms with Gasteiger partial charge in [0, 0.05) is 11.6 Å². The van der Waals surface area contributed by atoms with Crippen LogP contribution in [-0.2, 0) is 11.2 Å². The molecule has 1 N–H and O–H groups in total. The summed E-state index contributed by atoms with van der Waals surface area (Å²) in [6.45, 7) is 0. The van der Waals surface area contributed by atoms with E-state index < -0.39 is 5.97 Å². The highest BCUT2D eigenvalue weighted by atomic mass is 16.4. The lowest BCUT2D eigenvalue weighted by Gasteiger charge is -2.54. The Morgan fingerprint density at radius 2 is 1.75 bits per heavy atom. The topological polar surface area (TPSA) is 50.2 Å². The minimum Gasteiger partial charge on any atom is -0.481 e. The van der Waals surface area contributed by atoms with Crippen LogP contribution in [0.5, 0.6) is 0 Å². The van der Waals surface area contributed by atoms with E-state index in [4.69, 9.17) is 5.11 Å². The minimum absolute atomic E-state index is 0.0428. The summed E-state index contributed by atoms with van der Waals surface area (Å²) >= 11 is 0. The van der Waals surface area contributed by atoms with Crippen molar-refractivity contribution < 1.29 is 9.90 Å². The number of aromatic nitrogens is 1.